The molecule has 2 unspecified atom stereocenters. The molecular formula is C22H29N3O. The highest BCUT2D eigenvalue weighted by Gasteiger charge is 2.18. The van der Waals surface area contributed by atoms with E-state index < -0.39 is 0 Å². The minimum absolute atomic E-state index is 0. The summed E-state index contributed by atoms with van der Waals surface area (Å²) >= 11 is 0. The van der Waals surface area contributed by atoms with E-state index in [1.165, 1.54) is 0 Å². The molecule has 2 N–H and O–H groups in total. The molecule has 1 aliphatic rings. The third kappa shape index (κ3) is 4.20. The van der Waals surface area contributed by atoms with Crippen LogP contribution in [0.15, 0.2) is 54.6 Å². The van der Waals surface area contributed by atoms with Crippen LogP contribution in [0.1, 0.15) is 40.4 Å². The molecule has 0 aliphatic heterocycles. The molecule has 0 bridgehead atoms. The van der Waals surface area contributed by atoms with Gasteiger partial charge < -0.3 is 10.5 Å². The number of benzene rings is 1. The molecule has 0 spiro atoms. The Morgan fingerprint density at radius 3 is 2.85 bits per heavy atom. The van der Waals surface area contributed by atoms with Gasteiger partial charge in [0, 0.05) is 7.97 Å². The van der Waals surface area contributed by atoms with Crippen LogP contribution in [0.2, 0.25) is 0 Å². The third-order valence-electron chi connectivity index (χ3n) is 4.87. The molecule has 0 amide bonds. The molecule has 26 heavy (non-hydrogen) atoms. The maximum Gasteiger partial charge on any atom is 0.225 e. The van der Waals surface area contributed by atoms with Gasteiger partial charge in [0.1, 0.15) is 6.10 Å². The zero-order valence-electron chi connectivity index (χ0n) is 15.6. The number of hydrogen-bond donors (Lipinski definition) is 1. The van der Waals surface area contributed by atoms with Crippen LogP contribution in [0.4, 0.5) is 0 Å². The van der Waals surface area contributed by atoms with Gasteiger partial charge in [0.15, 0.2) is 5.82 Å². The van der Waals surface area contributed by atoms with Crippen molar-refractivity contribution in [2.24, 2.45) is 11.7 Å². The number of nitrogens with two attached hydrogens (primary N) is 1. The Morgan fingerprint density at radius 1 is 1.35 bits per heavy atom. The first-order valence-corrected chi connectivity index (χ1v) is 9.23. The fourth-order valence-electron chi connectivity index (χ4n) is 3.02. The van der Waals surface area contributed by atoms with Gasteiger partial charge in [0.05, 0.1) is 10.9 Å². The number of allylic oxidation sites excluding steroid dienone is 5. The van der Waals surface area contributed by atoms with Crippen molar-refractivity contribution in [3.8, 4) is 5.88 Å². The van der Waals surface area contributed by atoms with Gasteiger partial charge in [-0.3, -0.25) is 0 Å². The SMILES string of the molecule is C=C(C)C(C)CC(CN)Oc1nc(C2=CC=CCC2)nc2ccccc12.[HH]. The Labute approximate surface area is 157 Å². The van der Waals surface area contributed by atoms with Crippen molar-refractivity contribution in [2.75, 3.05) is 6.54 Å². The van der Waals surface area contributed by atoms with E-state index in [9.17, 15) is 0 Å². The molecule has 138 valence electrons. The zero-order chi connectivity index (χ0) is 18.5. The lowest BCUT2D eigenvalue weighted by Gasteiger charge is -2.22. The highest BCUT2D eigenvalue weighted by molar-refractivity contribution is 5.85. The predicted molar refractivity (Wildman–Crippen MR) is 110 cm³/mol. The standard InChI is InChI=1S/C22H27N3O.H2/c1-15(2)16(3)13-18(14-23)26-22-19-11-7-8-12-20(19)24-21(25-22)17-9-5-4-6-10-17;/h4-5,7-9,11-12,16,18H,1,6,10,13-14,23H2,2-3H3;1H. The van der Waals surface area contributed by atoms with Crippen molar-refractivity contribution in [3.63, 3.8) is 0 Å². The van der Waals surface area contributed by atoms with Gasteiger partial charge in [0.25, 0.3) is 0 Å². The van der Waals surface area contributed by atoms with Crippen LogP contribution in [0.25, 0.3) is 16.5 Å². The van der Waals surface area contributed by atoms with Crippen LogP contribution in [0.5, 0.6) is 5.88 Å². The number of ether oxygens (including phenoxy) is 1. The minimum atomic E-state index is -0.104. The van der Waals surface area contributed by atoms with Crippen molar-refractivity contribution < 1.29 is 6.16 Å². The maximum absolute atomic E-state index is 6.27. The number of hydrogen-bond acceptors (Lipinski definition) is 4. The topological polar surface area (TPSA) is 61.0 Å². The number of para-hydroxylation sites is 1. The van der Waals surface area contributed by atoms with Crippen LogP contribution >= 0.6 is 0 Å². The summed E-state index contributed by atoms with van der Waals surface area (Å²) in [5.74, 6) is 1.71. The van der Waals surface area contributed by atoms with Gasteiger partial charge in [-0.25, -0.2) is 4.98 Å². The van der Waals surface area contributed by atoms with E-state index in [0.717, 1.165) is 47.1 Å². The minimum Gasteiger partial charge on any atom is -0.472 e. The summed E-state index contributed by atoms with van der Waals surface area (Å²) in [6.45, 7) is 8.67. The van der Waals surface area contributed by atoms with Crippen LogP contribution in [-0.2, 0) is 0 Å². The first-order chi connectivity index (χ1) is 12.6. The zero-order valence-corrected chi connectivity index (χ0v) is 15.6. The Balaban J connectivity index is 0.00000261. The maximum atomic E-state index is 6.27. The van der Waals surface area contributed by atoms with E-state index in [1.807, 2.05) is 31.2 Å². The van der Waals surface area contributed by atoms with E-state index in [1.54, 1.807) is 0 Å². The molecule has 0 saturated carbocycles. The summed E-state index contributed by atoms with van der Waals surface area (Å²) in [6.07, 6.45) is 8.99. The summed E-state index contributed by atoms with van der Waals surface area (Å²) < 4.78 is 6.27. The van der Waals surface area contributed by atoms with Gasteiger partial charge in [-0.05, 0) is 49.8 Å². The molecule has 1 heterocycles. The molecule has 1 aliphatic carbocycles. The summed E-state index contributed by atoms with van der Waals surface area (Å²) in [7, 11) is 0. The molecule has 1 aromatic heterocycles. The lowest BCUT2D eigenvalue weighted by molar-refractivity contribution is 0.180. The largest absolute Gasteiger partial charge is 0.472 e. The van der Waals surface area contributed by atoms with E-state index in [4.69, 9.17) is 20.4 Å². The number of fused-ring (bicyclic) bond motifs is 1. The van der Waals surface area contributed by atoms with Crippen molar-refractivity contribution >= 4 is 16.5 Å². The van der Waals surface area contributed by atoms with Crippen molar-refractivity contribution in [1.82, 2.24) is 9.97 Å². The summed E-state index contributed by atoms with van der Waals surface area (Å²) in [6, 6.07) is 7.97. The first-order valence-electron chi connectivity index (χ1n) is 9.23. The second-order valence-corrected chi connectivity index (χ2v) is 6.99. The lowest BCUT2D eigenvalue weighted by Crippen LogP contribution is -2.29. The third-order valence-corrected chi connectivity index (χ3v) is 4.87. The molecule has 4 nitrogen and oxygen atoms in total. The molecule has 2 aromatic rings. The Bertz CT molecular complexity index is 860. The smallest absolute Gasteiger partial charge is 0.225 e. The van der Waals surface area contributed by atoms with Gasteiger partial charge in [-0.1, -0.05) is 49.4 Å². The van der Waals surface area contributed by atoms with Crippen LogP contribution in [-0.4, -0.2) is 22.6 Å². The molecule has 0 saturated heterocycles. The highest BCUT2D eigenvalue weighted by atomic mass is 16.5. The van der Waals surface area contributed by atoms with E-state index >= 15 is 0 Å². The van der Waals surface area contributed by atoms with Crippen LogP contribution in [0, 0.1) is 5.92 Å². The average Bonchev–Trinajstić information content (AvgIpc) is 2.67. The van der Waals surface area contributed by atoms with Crippen molar-refractivity contribution in [3.05, 3.63) is 60.5 Å². The van der Waals surface area contributed by atoms with Gasteiger partial charge in [-0.15, -0.1) is 0 Å². The average molecular weight is 351 g/mol. The Hall–Kier alpha value is -2.46. The molecule has 4 heteroatoms. The monoisotopic (exact) mass is 351 g/mol. The lowest BCUT2D eigenvalue weighted by atomic mass is 9.97. The number of rotatable bonds is 7. The van der Waals surface area contributed by atoms with Crippen molar-refractivity contribution in [2.45, 2.75) is 39.2 Å². The summed E-state index contributed by atoms with van der Waals surface area (Å²) in [5.41, 5.74) is 9.15. The molecule has 1 aromatic carbocycles. The molecule has 2 atom stereocenters. The fourth-order valence-corrected chi connectivity index (χ4v) is 3.02. The highest BCUT2D eigenvalue weighted by Crippen LogP contribution is 2.29. The Kier molecular flexibility index (Phi) is 5.84. The Morgan fingerprint density at radius 2 is 2.15 bits per heavy atom. The quantitative estimate of drug-likeness (QED) is 0.719. The molecule has 3 rings (SSSR count). The fraction of sp³-hybridized carbons (Fsp3) is 0.364. The van der Waals surface area contributed by atoms with E-state index in [0.29, 0.717) is 18.3 Å². The second kappa shape index (κ2) is 8.28. The van der Waals surface area contributed by atoms with Crippen molar-refractivity contribution in [1.29, 1.82) is 0 Å². The van der Waals surface area contributed by atoms with Crippen LogP contribution in [0.3, 0.4) is 0 Å². The van der Waals surface area contributed by atoms with Gasteiger partial charge in [0.2, 0.25) is 5.88 Å². The summed E-state index contributed by atoms with van der Waals surface area (Å²) in [4.78, 5) is 9.49. The normalized spacial score (nSPS) is 16.2. The number of nitrogens with zero attached hydrogens (tertiary/aromatic N) is 2. The first kappa shape index (κ1) is 18.3. The van der Waals surface area contributed by atoms with Crippen LogP contribution < -0.4 is 10.5 Å². The number of aromatic nitrogens is 2. The molecular weight excluding hydrogens is 322 g/mol. The molecule has 0 radical (unpaired) electrons. The van der Waals surface area contributed by atoms with Gasteiger partial charge >= 0.3 is 0 Å². The molecule has 0 fully saturated rings. The van der Waals surface area contributed by atoms with E-state index in [2.05, 4.69) is 31.7 Å². The summed E-state index contributed by atoms with van der Waals surface area (Å²) in [5, 5.41) is 0.921. The second-order valence-electron chi connectivity index (χ2n) is 6.99. The van der Waals surface area contributed by atoms with Gasteiger partial charge in [-0.2, -0.15) is 4.98 Å². The predicted octanol–water partition coefficient (Wildman–Crippen LogP) is 4.92. The van der Waals surface area contributed by atoms with E-state index in [-0.39, 0.29) is 7.53 Å².